The fourth-order valence-corrected chi connectivity index (χ4v) is 5.89. The molecule has 5 fully saturated rings. The smallest absolute Gasteiger partial charge is 0.152 e. The zero-order valence-electron chi connectivity index (χ0n) is 10.0. The van der Waals surface area contributed by atoms with Gasteiger partial charge in [0.15, 0.2) is 6.29 Å². The van der Waals surface area contributed by atoms with Gasteiger partial charge in [-0.3, -0.25) is 0 Å². The maximum Gasteiger partial charge on any atom is 0.152 e. The molecule has 2 nitrogen and oxygen atoms in total. The molecule has 1 saturated heterocycles. The maximum atomic E-state index is 11.2. The molecule has 5 rings (SSSR count). The summed E-state index contributed by atoms with van der Waals surface area (Å²) in [6, 6.07) is 0. The van der Waals surface area contributed by atoms with E-state index < -0.39 is 5.60 Å². The molecule has 94 valence electrons. The Kier molecular flexibility index (Phi) is 2.17. The summed E-state index contributed by atoms with van der Waals surface area (Å²) in [5.74, 6) is 3.46. The van der Waals surface area contributed by atoms with Crippen LogP contribution in [0.2, 0.25) is 0 Å². The highest BCUT2D eigenvalue weighted by atomic mass is 79.9. The van der Waals surface area contributed by atoms with Crippen LogP contribution in [0.4, 0.5) is 0 Å². The molecule has 0 aromatic rings. The van der Waals surface area contributed by atoms with Crippen molar-refractivity contribution in [1.82, 2.24) is 0 Å². The predicted octanol–water partition coefficient (Wildman–Crippen LogP) is 2.93. The number of halogens is 1. The van der Waals surface area contributed by atoms with Gasteiger partial charge in [-0.2, -0.15) is 0 Å². The topological polar surface area (TPSA) is 26.3 Å². The molecule has 0 amide bonds. The van der Waals surface area contributed by atoms with Crippen molar-refractivity contribution in [3.63, 3.8) is 0 Å². The Bertz CT molecular complexity index is 329. The number of hydrogen-bond donors (Lipinski definition) is 0. The standard InChI is InChI=1S/C14H19BrO2/c15-7-13(8-16)6-14(17-13)11-2-9-1-10(4-11)5-12(14)3-9/h8-12H,1-7H2/t9?,10?,11?,12?,13-,14?/m1/s1. The van der Waals surface area contributed by atoms with E-state index in [2.05, 4.69) is 15.9 Å². The second-order valence-corrected chi connectivity index (χ2v) is 7.42. The molecule has 0 aromatic heterocycles. The second kappa shape index (κ2) is 3.36. The first-order valence-corrected chi connectivity index (χ1v) is 8.04. The Morgan fingerprint density at radius 3 is 2.06 bits per heavy atom. The van der Waals surface area contributed by atoms with Crippen molar-refractivity contribution in [2.75, 3.05) is 5.33 Å². The van der Waals surface area contributed by atoms with Crippen LogP contribution in [0.1, 0.15) is 38.5 Å². The van der Waals surface area contributed by atoms with Crippen LogP contribution in [0, 0.1) is 23.7 Å². The van der Waals surface area contributed by atoms with Crippen molar-refractivity contribution in [2.45, 2.75) is 49.7 Å². The summed E-state index contributed by atoms with van der Waals surface area (Å²) in [4.78, 5) is 11.2. The Hall–Kier alpha value is 0.110. The van der Waals surface area contributed by atoms with Crippen LogP contribution in [-0.4, -0.2) is 22.8 Å². The minimum atomic E-state index is -0.491. The molecule has 0 aromatic carbocycles. The van der Waals surface area contributed by atoms with Gasteiger partial charge in [-0.25, -0.2) is 0 Å². The van der Waals surface area contributed by atoms with E-state index in [0.29, 0.717) is 5.33 Å². The molecule has 1 aliphatic heterocycles. The lowest BCUT2D eigenvalue weighted by molar-refractivity contribution is -0.325. The number of carbonyl (C=O) groups is 1. The third-order valence-corrected chi connectivity index (χ3v) is 6.88. The minimum Gasteiger partial charge on any atom is -0.359 e. The molecule has 4 saturated carbocycles. The highest BCUT2D eigenvalue weighted by Crippen LogP contribution is 2.66. The summed E-state index contributed by atoms with van der Waals surface area (Å²) in [6.45, 7) is 0. The summed E-state index contributed by atoms with van der Waals surface area (Å²) in [6.07, 6.45) is 8.94. The summed E-state index contributed by atoms with van der Waals surface area (Å²) in [7, 11) is 0. The van der Waals surface area contributed by atoms with Crippen molar-refractivity contribution >= 4 is 22.2 Å². The van der Waals surface area contributed by atoms with E-state index in [1.54, 1.807) is 0 Å². The highest BCUT2D eigenvalue weighted by Gasteiger charge is 2.67. The summed E-state index contributed by atoms with van der Waals surface area (Å²) >= 11 is 3.44. The van der Waals surface area contributed by atoms with Crippen molar-refractivity contribution in [1.29, 1.82) is 0 Å². The van der Waals surface area contributed by atoms with Gasteiger partial charge in [-0.15, -0.1) is 0 Å². The van der Waals surface area contributed by atoms with E-state index in [1.165, 1.54) is 32.1 Å². The SMILES string of the molecule is O=C[C@]1(CBr)CC2(O1)C1CC3CC(C1)CC2C3. The molecule has 4 aliphatic carbocycles. The number of rotatable bonds is 2. The van der Waals surface area contributed by atoms with Crippen molar-refractivity contribution in [2.24, 2.45) is 23.7 Å². The molecule has 4 bridgehead atoms. The lowest BCUT2D eigenvalue weighted by Gasteiger charge is -2.68. The molecular formula is C14H19BrO2. The number of aldehydes is 1. The van der Waals surface area contributed by atoms with Crippen LogP contribution < -0.4 is 0 Å². The summed E-state index contributed by atoms with van der Waals surface area (Å²) < 4.78 is 6.27. The molecule has 1 heterocycles. The molecular weight excluding hydrogens is 280 g/mol. The third kappa shape index (κ3) is 1.28. The Balaban J connectivity index is 1.62. The van der Waals surface area contributed by atoms with Crippen LogP contribution in [0.25, 0.3) is 0 Å². The van der Waals surface area contributed by atoms with Crippen LogP contribution >= 0.6 is 15.9 Å². The molecule has 5 aliphatic rings. The third-order valence-electron chi connectivity index (χ3n) is 5.93. The molecule has 3 heteroatoms. The van der Waals surface area contributed by atoms with Gasteiger partial charge in [-0.05, 0) is 55.8 Å². The van der Waals surface area contributed by atoms with E-state index in [9.17, 15) is 4.79 Å². The van der Waals surface area contributed by atoms with Gasteiger partial charge in [0, 0.05) is 11.8 Å². The van der Waals surface area contributed by atoms with Gasteiger partial charge in [0.2, 0.25) is 0 Å². The van der Waals surface area contributed by atoms with Crippen LogP contribution in [0.15, 0.2) is 0 Å². The Labute approximate surface area is 111 Å². The zero-order chi connectivity index (χ0) is 11.7. The Morgan fingerprint density at radius 2 is 1.65 bits per heavy atom. The van der Waals surface area contributed by atoms with Crippen LogP contribution in [-0.2, 0) is 9.53 Å². The van der Waals surface area contributed by atoms with Gasteiger partial charge in [0.1, 0.15) is 5.60 Å². The van der Waals surface area contributed by atoms with Crippen LogP contribution in [0.3, 0.4) is 0 Å². The largest absolute Gasteiger partial charge is 0.359 e. The summed E-state index contributed by atoms with van der Waals surface area (Å²) in [5.41, 5.74) is -0.391. The van der Waals surface area contributed by atoms with Crippen molar-refractivity contribution < 1.29 is 9.53 Å². The molecule has 0 unspecified atom stereocenters. The maximum absolute atomic E-state index is 11.2. The molecule has 0 radical (unpaired) electrons. The number of alkyl halides is 1. The lowest BCUT2D eigenvalue weighted by Crippen LogP contribution is -2.72. The van der Waals surface area contributed by atoms with E-state index in [1.807, 2.05) is 0 Å². The molecule has 0 N–H and O–H groups in total. The monoisotopic (exact) mass is 298 g/mol. The molecule has 1 atom stereocenters. The van der Waals surface area contributed by atoms with E-state index in [-0.39, 0.29) is 5.60 Å². The first-order chi connectivity index (χ1) is 8.20. The molecule has 17 heavy (non-hydrogen) atoms. The normalized spacial score (nSPS) is 59.4. The second-order valence-electron chi connectivity index (χ2n) is 6.85. The Morgan fingerprint density at radius 1 is 1.12 bits per heavy atom. The van der Waals surface area contributed by atoms with Gasteiger partial charge in [0.05, 0.1) is 5.60 Å². The van der Waals surface area contributed by atoms with Gasteiger partial charge in [0.25, 0.3) is 0 Å². The highest BCUT2D eigenvalue weighted by molar-refractivity contribution is 9.09. The number of carbonyl (C=O) groups excluding carboxylic acids is 1. The van der Waals surface area contributed by atoms with Crippen LogP contribution in [0.5, 0.6) is 0 Å². The average Bonchev–Trinajstić information content (AvgIpc) is 2.27. The minimum absolute atomic E-state index is 0.0993. The zero-order valence-corrected chi connectivity index (χ0v) is 11.6. The van der Waals surface area contributed by atoms with Gasteiger partial charge < -0.3 is 9.53 Å². The first-order valence-electron chi connectivity index (χ1n) is 6.92. The first kappa shape index (κ1) is 11.0. The fourth-order valence-electron chi connectivity index (χ4n) is 5.45. The van der Waals surface area contributed by atoms with Gasteiger partial charge in [-0.1, -0.05) is 15.9 Å². The summed E-state index contributed by atoms with van der Waals surface area (Å²) in [5, 5.41) is 0.664. The average molecular weight is 299 g/mol. The van der Waals surface area contributed by atoms with E-state index >= 15 is 0 Å². The lowest BCUT2D eigenvalue weighted by atomic mass is 9.46. The predicted molar refractivity (Wildman–Crippen MR) is 68.1 cm³/mol. The quantitative estimate of drug-likeness (QED) is 0.579. The van der Waals surface area contributed by atoms with Crippen molar-refractivity contribution in [3.8, 4) is 0 Å². The number of hydrogen-bond acceptors (Lipinski definition) is 2. The number of ether oxygens (including phenoxy) is 1. The van der Waals surface area contributed by atoms with Gasteiger partial charge >= 0.3 is 0 Å². The van der Waals surface area contributed by atoms with Crippen molar-refractivity contribution in [3.05, 3.63) is 0 Å². The fraction of sp³-hybridized carbons (Fsp3) is 0.929. The van der Waals surface area contributed by atoms with E-state index in [4.69, 9.17) is 4.74 Å². The van der Waals surface area contributed by atoms with E-state index in [0.717, 1.165) is 36.4 Å². The molecule has 1 spiro atoms.